The van der Waals surface area contributed by atoms with E-state index in [1.807, 2.05) is 25.7 Å². The largest absolute Gasteiger partial charge is 0.379 e. The average molecular weight is 398 g/mol. The number of rotatable bonds is 14. The zero-order valence-corrected chi connectivity index (χ0v) is 18.8. The van der Waals surface area contributed by atoms with Crippen LogP contribution in [0.5, 0.6) is 0 Å². The molecule has 1 aliphatic heterocycles. The SMILES string of the molecule is CCCCCCCOCCOCCCC(=O)C1CCN(C(=O)C(C)(C)C)CC1. The molecular formula is C23H43NO4. The van der Waals surface area contributed by atoms with Crippen molar-refractivity contribution in [3.8, 4) is 0 Å². The molecule has 1 fully saturated rings. The number of piperidine rings is 1. The summed E-state index contributed by atoms with van der Waals surface area (Å²) in [5, 5.41) is 0. The van der Waals surface area contributed by atoms with Gasteiger partial charge in [0.15, 0.2) is 0 Å². The van der Waals surface area contributed by atoms with E-state index in [-0.39, 0.29) is 17.2 Å². The van der Waals surface area contributed by atoms with E-state index in [2.05, 4.69) is 6.92 Å². The normalized spacial score (nSPS) is 15.8. The first-order valence-electron chi connectivity index (χ1n) is 11.3. The molecule has 164 valence electrons. The third-order valence-electron chi connectivity index (χ3n) is 5.36. The van der Waals surface area contributed by atoms with Crippen LogP contribution in [0.4, 0.5) is 0 Å². The van der Waals surface area contributed by atoms with Crippen molar-refractivity contribution >= 4 is 11.7 Å². The Morgan fingerprint density at radius 1 is 0.857 bits per heavy atom. The second kappa shape index (κ2) is 14.1. The van der Waals surface area contributed by atoms with E-state index >= 15 is 0 Å². The van der Waals surface area contributed by atoms with Gasteiger partial charge in [-0.15, -0.1) is 0 Å². The number of likely N-dealkylation sites (tertiary alicyclic amines) is 1. The van der Waals surface area contributed by atoms with E-state index in [9.17, 15) is 9.59 Å². The number of hydrogen-bond acceptors (Lipinski definition) is 4. The Bertz CT molecular complexity index is 436. The highest BCUT2D eigenvalue weighted by molar-refractivity contribution is 5.83. The molecule has 28 heavy (non-hydrogen) atoms. The average Bonchev–Trinajstić information content (AvgIpc) is 2.67. The number of hydrogen-bond donors (Lipinski definition) is 0. The lowest BCUT2D eigenvalue weighted by Gasteiger charge is -2.35. The van der Waals surface area contributed by atoms with Crippen molar-refractivity contribution in [2.24, 2.45) is 11.3 Å². The smallest absolute Gasteiger partial charge is 0.227 e. The van der Waals surface area contributed by atoms with Crippen molar-refractivity contribution in [2.75, 3.05) is 39.5 Å². The summed E-state index contributed by atoms with van der Waals surface area (Å²) in [7, 11) is 0. The maximum Gasteiger partial charge on any atom is 0.227 e. The second-order valence-electron chi connectivity index (χ2n) is 9.03. The molecule has 0 N–H and O–H groups in total. The van der Waals surface area contributed by atoms with Gasteiger partial charge in [0, 0.05) is 44.1 Å². The van der Waals surface area contributed by atoms with Gasteiger partial charge in [-0.3, -0.25) is 9.59 Å². The van der Waals surface area contributed by atoms with E-state index in [0.717, 1.165) is 32.3 Å². The molecule has 0 unspecified atom stereocenters. The van der Waals surface area contributed by atoms with Crippen LogP contribution in [-0.2, 0) is 19.1 Å². The van der Waals surface area contributed by atoms with E-state index in [1.54, 1.807) is 0 Å². The molecular weight excluding hydrogens is 354 g/mol. The lowest BCUT2D eigenvalue weighted by molar-refractivity contribution is -0.142. The number of nitrogens with zero attached hydrogens (tertiary/aromatic N) is 1. The van der Waals surface area contributed by atoms with E-state index in [4.69, 9.17) is 9.47 Å². The second-order valence-corrected chi connectivity index (χ2v) is 9.03. The van der Waals surface area contributed by atoms with Gasteiger partial charge in [0.1, 0.15) is 5.78 Å². The Kier molecular flexibility index (Phi) is 12.6. The lowest BCUT2D eigenvalue weighted by Crippen LogP contribution is -2.45. The first kappa shape index (κ1) is 25.1. The van der Waals surface area contributed by atoms with Crippen LogP contribution in [0.25, 0.3) is 0 Å². The molecule has 0 aromatic carbocycles. The molecule has 5 nitrogen and oxygen atoms in total. The summed E-state index contributed by atoms with van der Waals surface area (Å²) in [6.45, 7) is 12.2. The topological polar surface area (TPSA) is 55.8 Å². The van der Waals surface area contributed by atoms with Crippen LogP contribution in [0.3, 0.4) is 0 Å². The monoisotopic (exact) mass is 397 g/mol. The Labute approximate surface area is 172 Å². The van der Waals surface area contributed by atoms with Crippen molar-refractivity contribution < 1.29 is 19.1 Å². The van der Waals surface area contributed by atoms with Gasteiger partial charge >= 0.3 is 0 Å². The zero-order valence-electron chi connectivity index (χ0n) is 18.8. The summed E-state index contributed by atoms with van der Waals surface area (Å²) in [6, 6.07) is 0. The first-order valence-corrected chi connectivity index (χ1v) is 11.3. The molecule has 0 radical (unpaired) electrons. The summed E-state index contributed by atoms with van der Waals surface area (Å²) in [5.41, 5.74) is -0.340. The minimum absolute atomic E-state index is 0.111. The predicted octanol–water partition coefficient (Wildman–Crippen LogP) is 4.62. The van der Waals surface area contributed by atoms with Crippen LogP contribution in [-0.4, -0.2) is 56.1 Å². The Morgan fingerprint density at radius 2 is 1.43 bits per heavy atom. The number of unbranched alkanes of at least 4 members (excludes halogenated alkanes) is 4. The number of Topliss-reactive ketones (excluding diaryl/α,β-unsaturated/α-hetero) is 1. The quantitative estimate of drug-likeness (QED) is 0.401. The standard InChI is InChI=1S/C23H43NO4/c1-5-6-7-8-9-16-27-18-19-28-17-10-11-21(25)20-12-14-24(15-13-20)22(26)23(2,3)4/h20H,5-19H2,1-4H3. The van der Waals surface area contributed by atoms with Crippen LogP contribution < -0.4 is 0 Å². The summed E-state index contributed by atoms with van der Waals surface area (Å²) < 4.78 is 11.1. The maximum absolute atomic E-state index is 12.4. The molecule has 0 aromatic rings. The number of carbonyl (C=O) groups excluding carboxylic acids is 2. The lowest BCUT2D eigenvalue weighted by atomic mass is 9.88. The molecule has 0 bridgehead atoms. The van der Waals surface area contributed by atoms with Gasteiger partial charge < -0.3 is 14.4 Å². The Morgan fingerprint density at radius 3 is 2.00 bits per heavy atom. The van der Waals surface area contributed by atoms with Gasteiger partial charge in [0.25, 0.3) is 0 Å². The van der Waals surface area contributed by atoms with Gasteiger partial charge in [-0.25, -0.2) is 0 Å². The molecule has 0 aliphatic carbocycles. The fraction of sp³-hybridized carbons (Fsp3) is 0.913. The third-order valence-corrected chi connectivity index (χ3v) is 5.36. The van der Waals surface area contributed by atoms with Crippen molar-refractivity contribution in [1.82, 2.24) is 4.90 Å². The van der Waals surface area contributed by atoms with Gasteiger partial charge in [0.05, 0.1) is 13.2 Å². The van der Waals surface area contributed by atoms with Crippen molar-refractivity contribution in [3.63, 3.8) is 0 Å². The minimum Gasteiger partial charge on any atom is -0.379 e. The number of ether oxygens (including phenoxy) is 2. The summed E-state index contributed by atoms with van der Waals surface area (Å²) in [6.07, 6.45) is 9.22. The maximum atomic E-state index is 12.4. The van der Waals surface area contributed by atoms with E-state index < -0.39 is 0 Å². The molecule has 0 atom stereocenters. The van der Waals surface area contributed by atoms with Gasteiger partial charge in [-0.2, -0.15) is 0 Å². The highest BCUT2D eigenvalue weighted by atomic mass is 16.5. The highest BCUT2D eigenvalue weighted by Crippen LogP contribution is 2.24. The van der Waals surface area contributed by atoms with Crippen LogP contribution in [0.2, 0.25) is 0 Å². The fourth-order valence-corrected chi connectivity index (χ4v) is 3.56. The molecule has 1 aliphatic rings. The van der Waals surface area contributed by atoms with Gasteiger partial charge in [0.2, 0.25) is 5.91 Å². The van der Waals surface area contributed by atoms with Crippen molar-refractivity contribution in [2.45, 2.75) is 85.5 Å². The van der Waals surface area contributed by atoms with Crippen molar-refractivity contribution in [3.05, 3.63) is 0 Å². The molecule has 1 heterocycles. The van der Waals surface area contributed by atoms with E-state index in [1.165, 1.54) is 25.7 Å². The molecule has 0 saturated carbocycles. The Hall–Kier alpha value is -0.940. The molecule has 5 heteroatoms. The first-order chi connectivity index (χ1) is 13.4. The number of amides is 1. The number of ketones is 1. The predicted molar refractivity (Wildman–Crippen MR) is 113 cm³/mol. The summed E-state index contributed by atoms with van der Waals surface area (Å²) >= 11 is 0. The summed E-state index contributed by atoms with van der Waals surface area (Å²) in [4.78, 5) is 26.6. The minimum atomic E-state index is -0.340. The molecule has 1 saturated heterocycles. The van der Waals surface area contributed by atoms with Crippen LogP contribution >= 0.6 is 0 Å². The third kappa shape index (κ3) is 10.6. The fourth-order valence-electron chi connectivity index (χ4n) is 3.56. The molecule has 1 rings (SSSR count). The van der Waals surface area contributed by atoms with Crippen molar-refractivity contribution in [1.29, 1.82) is 0 Å². The summed E-state index contributed by atoms with van der Waals surface area (Å²) in [5.74, 6) is 0.629. The van der Waals surface area contributed by atoms with Crippen LogP contribution in [0.1, 0.15) is 85.5 Å². The number of carbonyl (C=O) groups is 2. The van der Waals surface area contributed by atoms with Crippen LogP contribution in [0.15, 0.2) is 0 Å². The Balaban J connectivity index is 1.98. The zero-order chi connectivity index (χ0) is 20.8. The highest BCUT2D eigenvalue weighted by Gasteiger charge is 2.31. The van der Waals surface area contributed by atoms with Gasteiger partial charge in [-0.05, 0) is 25.7 Å². The van der Waals surface area contributed by atoms with Crippen LogP contribution in [0, 0.1) is 11.3 Å². The molecule has 0 spiro atoms. The van der Waals surface area contributed by atoms with E-state index in [0.29, 0.717) is 45.1 Å². The molecule has 0 aromatic heterocycles. The molecule has 1 amide bonds. The van der Waals surface area contributed by atoms with Gasteiger partial charge in [-0.1, -0.05) is 53.4 Å².